The van der Waals surface area contributed by atoms with E-state index in [2.05, 4.69) is 5.01 Å². The van der Waals surface area contributed by atoms with Gasteiger partial charge in [0.15, 0.2) is 0 Å². The maximum absolute atomic E-state index is 12.9. The Balaban J connectivity index is 1.94. The molecule has 1 aliphatic rings. The fourth-order valence-electron chi connectivity index (χ4n) is 2.76. The van der Waals surface area contributed by atoms with Crippen LogP contribution in [0, 0.1) is 0 Å². The van der Waals surface area contributed by atoms with Gasteiger partial charge in [0.25, 0.3) is 5.91 Å². The smallest absolute Gasteiger partial charge is 0.267 e. The van der Waals surface area contributed by atoms with Crippen molar-refractivity contribution in [1.82, 2.24) is 5.01 Å². The van der Waals surface area contributed by atoms with Crippen molar-refractivity contribution in [2.75, 3.05) is 18.1 Å². The average Bonchev–Trinajstić information content (AvgIpc) is 2.58. The fraction of sp³-hybridized carbons (Fsp3) is 0.278. The standard InChI is InChI=1S/C18H20N2O/c21-18(16-10-4-1-5-11-16)20(17-12-6-2-7-13-17)19-14-8-3-9-15-19/h1-2,4-7,10-13H,3,8-9,14-15H2. The molecule has 0 N–H and O–H groups in total. The molecule has 0 spiro atoms. The molecule has 2 aromatic carbocycles. The minimum Gasteiger partial charge on any atom is -0.267 e. The van der Waals surface area contributed by atoms with Gasteiger partial charge in [0, 0.05) is 18.7 Å². The number of hydrogen-bond acceptors (Lipinski definition) is 2. The predicted octanol–water partition coefficient (Wildman–Crippen LogP) is 3.73. The van der Waals surface area contributed by atoms with Gasteiger partial charge in [-0.3, -0.25) is 4.79 Å². The SMILES string of the molecule is O=C(c1ccccc1)N(c1ccccc1)N1CCCCC1. The Bertz CT molecular complexity index is 577. The number of hydrazine groups is 1. The van der Waals surface area contributed by atoms with Gasteiger partial charge in [-0.15, -0.1) is 0 Å². The molecule has 3 heteroatoms. The Morgan fingerprint density at radius 1 is 0.810 bits per heavy atom. The van der Waals surface area contributed by atoms with Crippen LogP contribution in [0.4, 0.5) is 5.69 Å². The van der Waals surface area contributed by atoms with E-state index >= 15 is 0 Å². The van der Waals surface area contributed by atoms with Gasteiger partial charge < -0.3 is 0 Å². The normalized spacial score (nSPS) is 15.6. The molecule has 0 aromatic heterocycles. The minimum atomic E-state index is 0.0451. The van der Waals surface area contributed by atoms with Crippen LogP contribution in [0.3, 0.4) is 0 Å². The molecule has 3 nitrogen and oxygen atoms in total. The zero-order valence-electron chi connectivity index (χ0n) is 12.1. The van der Waals surface area contributed by atoms with E-state index in [1.165, 1.54) is 6.42 Å². The lowest BCUT2D eigenvalue weighted by Crippen LogP contribution is -2.49. The third-order valence-electron chi connectivity index (χ3n) is 3.83. The Kier molecular flexibility index (Phi) is 4.31. The van der Waals surface area contributed by atoms with Crippen molar-refractivity contribution >= 4 is 11.6 Å². The number of hydrogen-bond donors (Lipinski definition) is 0. The summed E-state index contributed by atoms with van der Waals surface area (Å²) in [6, 6.07) is 19.4. The summed E-state index contributed by atoms with van der Waals surface area (Å²) in [6.45, 7) is 1.88. The molecule has 1 amide bonds. The van der Waals surface area contributed by atoms with Crippen LogP contribution in [0.25, 0.3) is 0 Å². The number of para-hydroxylation sites is 1. The molecular weight excluding hydrogens is 260 g/mol. The summed E-state index contributed by atoms with van der Waals surface area (Å²) in [5, 5.41) is 4.02. The molecule has 0 aliphatic carbocycles. The van der Waals surface area contributed by atoms with Crippen molar-refractivity contribution in [1.29, 1.82) is 0 Å². The van der Waals surface area contributed by atoms with Crippen LogP contribution >= 0.6 is 0 Å². The number of carbonyl (C=O) groups is 1. The van der Waals surface area contributed by atoms with Gasteiger partial charge in [0.2, 0.25) is 0 Å². The summed E-state index contributed by atoms with van der Waals surface area (Å²) >= 11 is 0. The van der Waals surface area contributed by atoms with Gasteiger partial charge in [-0.25, -0.2) is 10.0 Å². The summed E-state index contributed by atoms with van der Waals surface area (Å²) in [5.74, 6) is 0.0451. The van der Waals surface area contributed by atoms with Crippen LogP contribution in [0.1, 0.15) is 29.6 Å². The highest BCUT2D eigenvalue weighted by molar-refractivity contribution is 6.05. The molecule has 3 rings (SSSR count). The lowest BCUT2D eigenvalue weighted by molar-refractivity contribution is 0.0872. The molecule has 1 saturated heterocycles. The molecule has 1 aliphatic heterocycles. The summed E-state index contributed by atoms with van der Waals surface area (Å²) in [6.07, 6.45) is 3.54. The molecule has 108 valence electrons. The second kappa shape index (κ2) is 6.55. The highest BCUT2D eigenvalue weighted by Gasteiger charge is 2.25. The third-order valence-corrected chi connectivity index (χ3v) is 3.83. The quantitative estimate of drug-likeness (QED) is 0.855. The van der Waals surface area contributed by atoms with Crippen LogP contribution < -0.4 is 5.01 Å². The Labute approximate surface area is 125 Å². The largest absolute Gasteiger partial charge is 0.272 e. The molecule has 0 atom stereocenters. The monoisotopic (exact) mass is 280 g/mol. The Morgan fingerprint density at radius 2 is 1.38 bits per heavy atom. The van der Waals surface area contributed by atoms with E-state index < -0.39 is 0 Å². The number of carbonyl (C=O) groups excluding carboxylic acids is 1. The molecule has 1 fully saturated rings. The van der Waals surface area contributed by atoms with Crippen molar-refractivity contribution in [3.63, 3.8) is 0 Å². The zero-order valence-corrected chi connectivity index (χ0v) is 12.1. The molecule has 21 heavy (non-hydrogen) atoms. The summed E-state index contributed by atoms with van der Waals surface area (Å²) in [5.41, 5.74) is 1.67. The lowest BCUT2D eigenvalue weighted by Gasteiger charge is -2.37. The molecule has 0 unspecified atom stereocenters. The molecule has 0 bridgehead atoms. The van der Waals surface area contributed by atoms with Crippen molar-refractivity contribution in [2.24, 2.45) is 0 Å². The van der Waals surface area contributed by atoms with Gasteiger partial charge in [-0.05, 0) is 37.1 Å². The van der Waals surface area contributed by atoms with Crippen LogP contribution in [0.2, 0.25) is 0 Å². The number of benzene rings is 2. The van der Waals surface area contributed by atoms with Gasteiger partial charge in [0.05, 0.1) is 5.69 Å². The number of amides is 1. The summed E-state index contributed by atoms with van der Waals surface area (Å²) < 4.78 is 0. The van der Waals surface area contributed by atoms with Crippen LogP contribution in [0.15, 0.2) is 60.7 Å². The van der Waals surface area contributed by atoms with Crippen molar-refractivity contribution in [3.8, 4) is 0 Å². The second-order valence-electron chi connectivity index (χ2n) is 5.33. The average molecular weight is 280 g/mol. The van der Waals surface area contributed by atoms with E-state index in [0.29, 0.717) is 0 Å². The van der Waals surface area contributed by atoms with Crippen molar-refractivity contribution < 1.29 is 4.79 Å². The van der Waals surface area contributed by atoms with Gasteiger partial charge >= 0.3 is 0 Å². The first-order chi connectivity index (χ1) is 10.4. The summed E-state index contributed by atoms with van der Waals surface area (Å²) in [4.78, 5) is 12.9. The molecule has 2 aromatic rings. The summed E-state index contributed by atoms with van der Waals surface area (Å²) in [7, 11) is 0. The maximum atomic E-state index is 12.9. The molecule has 0 saturated carbocycles. The first kappa shape index (κ1) is 13.8. The topological polar surface area (TPSA) is 23.6 Å². The van der Waals surface area contributed by atoms with Crippen molar-refractivity contribution in [3.05, 3.63) is 66.2 Å². The number of anilines is 1. The van der Waals surface area contributed by atoms with E-state index in [-0.39, 0.29) is 5.91 Å². The van der Waals surface area contributed by atoms with Crippen LogP contribution in [0.5, 0.6) is 0 Å². The zero-order chi connectivity index (χ0) is 14.5. The van der Waals surface area contributed by atoms with Gasteiger partial charge in [-0.2, -0.15) is 0 Å². The predicted molar refractivity (Wildman–Crippen MR) is 85.1 cm³/mol. The minimum absolute atomic E-state index is 0.0451. The first-order valence-corrected chi connectivity index (χ1v) is 7.56. The van der Waals surface area contributed by atoms with E-state index in [4.69, 9.17) is 0 Å². The molecule has 1 heterocycles. The van der Waals surface area contributed by atoms with Gasteiger partial charge in [-0.1, -0.05) is 42.8 Å². The number of rotatable bonds is 3. The first-order valence-electron chi connectivity index (χ1n) is 7.56. The van der Waals surface area contributed by atoms with Crippen molar-refractivity contribution in [2.45, 2.75) is 19.3 Å². The highest BCUT2D eigenvalue weighted by atomic mass is 16.2. The Morgan fingerprint density at radius 3 is 2.00 bits per heavy atom. The van der Waals surface area contributed by atoms with Gasteiger partial charge in [0.1, 0.15) is 0 Å². The second-order valence-corrected chi connectivity index (χ2v) is 5.33. The van der Waals surface area contributed by atoms with Crippen LogP contribution in [-0.2, 0) is 0 Å². The Hall–Kier alpha value is -2.13. The number of piperidine rings is 1. The van der Waals surface area contributed by atoms with E-state index in [1.807, 2.05) is 65.7 Å². The van der Waals surface area contributed by atoms with E-state index in [9.17, 15) is 4.79 Å². The highest BCUT2D eigenvalue weighted by Crippen LogP contribution is 2.22. The van der Waals surface area contributed by atoms with E-state index in [1.54, 1.807) is 0 Å². The molecule has 0 radical (unpaired) electrons. The molecular formula is C18H20N2O. The van der Waals surface area contributed by atoms with Crippen LogP contribution in [-0.4, -0.2) is 24.0 Å². The maximum Gasteiger partial charge on any atom is 0.272 e. The number of nitrogens with zero attached hydrogens (tertiary/aromatic N) is 2. The fourth-order valence-corrected chi connectivity index (χ4v) is 2.76. The van der Waals surface area contributed by atoms with E-state index in [0.717, 1.165) is 37.2 Å². The lowest BCUT2D eigenvalue weighted by atomic mass is 10.1. The third kappa shape index (κ3) is 3.14.